The Labute approximate surface area is 172 Å². The number of benzene rings is 1. The molecule has 1 aromatic carbocycles. The van der Waals surface area contributed by atoms with E-state index < -0.39 is 0 Å². The Hall–Kier alpha value is -1.95. The summed E-state index contributed by atoms with van der Waals surface area (Å²) >= 11 is 0. The van der Waals surface area contributed by atoms with Crippen LogP contribution in [0.5, 0.6) is 0 Å². The molecule has 0 unspecified atom stereocenters. The Morgan fingerprint density at radius 1 is 1.10 bits per heavy atom. The summed E-state index contributed by atoms with van der Waals surface area (Å²) in [6.45, 7) is 3.63. The quantitative estimate of drug-likeness (QED) is 0.798. The lowest BCUT2D eigenvalue weighted by Gasteiger charge is -2.39. The molecule has 6 heteroatoms. The van der Waals surface area contributed by atoms with Crippen LogP contribution in [0.1, 0.15) is 56.9 Å². The van der Waals surface area contributed by atoms with Crippen LogP contribution in [0.25, 0.3) is 0 Å². The van der Waals surface area contributed by atoms with Gasteiger partial charge in [0.1, 0.15) is 5.82 Å². The summed E-state index contributed by atoms with van der Waals surface area (Å²) in [4.78, 5) is 28.1. The van der Waals surface area contributed by atoms with Crippen molar-refractivity contribution in [3.8, 4) is 0 Å². The maximum absolute atomic E-state index is 14.5. The lowest BCUT2D eigenvalue weighted by atomic mass is 9.77. The highest BCUT2D eigenvalue weighted by molar-refractivity contribution is 5.85. The van der Waals surface area contributed by atoms with Gasteiger partial charge in [0, 0.05) is 44.1 Å². The molecule has 2 saturated heterocycles. The summed E-state index contributed by atoms with van der Waals surface area (Å²) in [7, 11) is 0. The van der Waals surface area contributed by atoms with Crippen LogP contribution in [-0.2, 0) is 15.0 Å². The lowest BCUT2D eigenvalue weighted by molar-refractivity contribution is -0.133. The van der Waals surface area contributed by atoms with Gasteiger partial charge in [-0.1, -0.05) is 31.0 Å². The summed E-state index contributed by atoms with van der Waals surface area (Å²) in [6, 6.07) is 7.44. The first-order valence-corrected chi connectivity index (χ1v) is 11.1. The zero-order chi connectivity index (χ0) is 20.3. The molecular weight excluding hydrogens is 369 g/mol. The summed E-state index contributed by atoms with van der Waals surface area (Å²) in [5.74, 6) is -0.0321. The third kappa shape index (κ3) is 4.63. The van der Waals surface area contributed by atoms with Crippen molar-refractivity contribution < 1.29 is 14.0 Å². The molecule has 158 valence electrons. The predicted molar refractivity (Wildman–Crippen MR) is 110 cm³/mol. The number of hydrogen-bond acceptors (Lipinski definition) is 3. The van der Waals surface area contributed by atoms with Crippen LogP contribution in [0.3, 0.4) is 0 Å². The van der Waals surface area contributed by atoms with Crippen LogP contribution in [0.2, 0.25) is 0 Å². The Balaban J connectivity index is 1.29. The van der Waals surface area contributed by atoms with Crippen molar-refractivity contribution >= 4 is 11.8 Å². The van der Waals surface area contributed by atoms with Crippen molar-refractivity contribution in [2.45, 2.75) is 62.8 Å². The molecule has 2 amide bonds. The fraction of sp³-hybridized carbons (Fsp3) is 0.652. The molecule has 2 aliphatic heterocycles. The number of amides is 2. The highest BCUT2D eigenvalue weighted by atomic mass is 19.1. The molecule has 3 aliphatic rings. The maximum atomic E-state index is 14.5. The summed E-state index contributed by atoms with van der Waals surface area (Å²) in [6.07, 6.45) is 7.67. The van der Waals surface area contributed by atoms with Crippen molar-refractivity contribution in [1.82, 2.24) is 15.1 Å². The molecule has 3 fully saturated rings. The van der Waals surface area contributed by atoms with E-state index in [0.29, 0.717) is 13.0 Å². The average Bonchev–Trinajstić information content (AvgIpc) is 3.34. The molecule has 1 N–H and O–H groups in total. The number of nitrogens with one attached hydrogen (secondary N) is 1. The van der Waals surface area contributed by atoms with Gasteiger partial charge in [0.05, 0.1) is 6.54 Å². The minimum Gasteiger partial charge on any atom is -0.352 e. The topological polar surface area (TPSA) is 52.7 Å². The van der Waals surface area contributed by atoms with Crippen LogP contribution in [0.4, 0.5) is 4.39 Å². The van der Waals surface area contributed by atoms with E-state index in [4.69, 9.17) is 0 Å². The average molecular weight is 402 g/mol. The maximum Gasteiger partial charge on any atom is 0.239 e. The molecule has 29 heavy (non-hydrogen) atoms. The summed E-state index contributed by atoms with van der Waals surface area (Å²) in [5, 5.41) is 3.11. The van der Waals surface area contributed by atoms with E-state index in [1.807, 2.05) is 12.1 Å². The Morgan fingerprint density at radius 3 is 2.48 bits per heavy atom. The van der Waals surface area contributed by atoms with Crippen LogP contribution in [-0.4, -0.2) is 60.4 Å². The van der Waals surface area contributed by atoms with Crippen LogP contribution in [0, 0.1) is 5.82 Å². The minimum absolute atomic E-state index is 0.0441. The molecule has 0 radical (unpaired) electrons. The van der Waals surface area contributed by atoms with Crippen LogP contribution < -0.4 is 5.32 Å². The first-order chi connectivity index (χ1) is 14.1. The molecule has 0 spiro atoms. The van der Waals surface area contributed by atoms with Crippen LogP contribution >= 0.6 is 0 Å². The Bertz CT molecular complexity index is 739. The van der Waals surface area contributed by atoms with Crippen molar-refractivity contribution in [2.75, 3.05) is 32.7 Å². The second kappa shape index (κ2) is 8.82. The van der Waals surface area contributed by atoms with Crippen LogP contribution in [0.15, 0.2) is 24.3 Å². The number of nitrogens with zero attached hydrogens (tertiary/aromatic N) is 2. The fourth-order valence-corrected chi connectivity index (χ4v) is 5.44. The largest absolute Gasteiger partial charge is 0.352 e. The van der Waals surface area contributed by atoms with Gasteiger partial charge in [-0.15, -0.1) is 0 Å². The number of rotatable bonds is 6. The van der Waals surface area contributed by atoms with Gasteiger partial charge in [-0.3, -0.25) is 9.59 Å². The van der Waals surface area contributed by atoms with Gasteiger partial charge in [0.15, 0.2) is 0 Å². The molecule has 0 atom stereocenters. The second-order valence-electron chi connectivity index (χ2n) is 9.00. The lowest BCUT2D eigenvalue weighted by Crippen LogP contribution is -2.50. The van der Waals surface area contributed by atoms with E-state index in [1.54, 1.807) is 17.0 Å². The summed E-state index contributed by atoms with van der Waals surface area (Å²) < 4.78 is 14.5. The van der Waals surface area contributed by atoms with Gasteiger partial charge in [0.2, 0.25) is 11.8 Å². The van der Waals surface area contributed by atoms with Gasteiger partial charge in [-0.05, 0) is 43.7 Å². The first kappa shape index (κ1) is 20.3. The normalized spacial score (nSPS) is 22.9. The van der Waals surface area contributed by atoms with E-state index in [0.717, 1.165) is 70.1 Å². The highest BCUT2D eigenvalue weighted by Crippen LogP contribution is 2.43. The molecule has 0 aromatic heterocycles. The van der Waals surface area contributed by atoms with Crippen molar-refractivity contribution in [3.63, 3.8) is 0 Å². The molecule has 4 rings (SSSR count). The van der Waals surface area contributed by atoms with Gasteiger partial charge < -0.3 is 15.1 Å². The number of halogens is 1. The minimum atomic E-state index is -0.0759. The third-order valence-electron chi connectivity index (χ3n) is 6.99. The molecule has 1 saturated carbocycles. The highest BCUT2D eigenvalue weighted by Gasteiger charge is 2.39. The van der Waals surface area contributed by atoms with Crippen molar-refractivity contribution in [1.29, 1.82) is 0 Å². The van der Waals surface area contributed by atoms with E-state index in [9.17, 15) is 14.0 Å². The SMILES string of the molecule is O=C(CN1CCCC1=O)NC1CCN(CC2(c3ccccc3F)CCCC2)CC1. The second-order valence-corrected chi connectivity index (χ2v) is 9.00. The number of carbonyl (C=O) groups is 2. The van der Waals surface area contributed by atoms with Crippen molar-refractivity contribution in [3.05, 3.63) is 35.6 Å². The number of hydrogen-bond donors (Lipinski definition) is 1. The van der Waals surface area contributed by atoms with Gasteiger partial charge in [-0.2, -0.15) is 0 Å². The van der Waals surface area contributed by atoms with Gasteiger partial charge >= 0.3 is 0 Å². The third-order valence-corrected chi connectivity index (χ3v) is 6.99. The number of piperidine rings is 1. The van der Waals surface area contributed by atoms with Gasteiger partial charge in [-0.25, -0.2) is 4.39 Å². The molecule has 1 aromatic rings. The molecule has 2 heterocycles. The monoisotopic (exact) mass is 401 g/mol. The Morgan fingerprint density at radius 2 is 1.83 bits per heavy atom. The smallest absolute Gasteiger partial charge is 0.239 e. The standard InChI is InChI=1S/C23H32FN3O2/c24-20-7-2-1-6-19(20)23(11-3-4-12-23)17-26-14-9-18(10-15-26)25-21(28)16-27-13-5-8-22(27)29/h1-2,6-7,18H,3-5,8-17H2,(H,25,28). The zero-order valence-corrected chi connectivity index (χ0v) is 17.2. The Kier molecular flexibility index (Phi) is 6.18. The van der Waals surface area contributed by atoms with E-state index >= 15 is 0 Å². The first-order valence-electron chi connectivity index (χ1n) is 11.1. The van der Waals surface area contributed by atoms with E-state index in [2.05, 4.69) is 10.2 Å². The number of carbonyl (C=O) groups excluding carboxylic acids is 2. The summed E-state index contributed by atoms with van der Waals surface area (Å²) in [5.41, 5.74) is 0.806. The zero-order valence-electron chi connectivity index (χ0n) is 17.2. The van der Waals surface area contributed by atoms with Crippen molar-refractivity contribution in [2.24, 2.45) is 0 Å². The molecule has 0 bridgehead atoms. The van der Waals surface area contributed by atoms with Gasteiger partial charge in [0.25, 0.3) is 0 Å². The number of likely N-dealkylation sites (tertiary alicyclic amines) is 2. The van der Waals surface area contributed by atoms with E-state index in [1.165, 1.54) is 0 Å². The predicted octanol–water partition coefficient (Wildman–Crippen LogP) is 2.84. The molecular formula is C23H32FN3O2. The van der Waals surface area contributed by atoms with E-state index in [-0.39, 0.29) is 35.6 Å². The molecule has 1 aliphatic carbocycles. The molecule has 5 nitrogen and oxygen atoms in total. The fourth-order valence-electron chi connectivity index (χ4n) is 5.44.